The molecule has 0 radical (unpaired) electrons. The fourth-order valence-electron chi connectivity index (χ4n) is 2.60. The molecule has 1 aromatic carbocycles. The van der Waals surface area contributed by atoms with Crippen molar-refractivity contribution in [1.82, 2.24) is 14.8 Å². The van der Waals surface area contributed by atoms with Crippen LogP contribution in [0.4, 0.5) is 18.9 Å². The van der Waals surface area contributed by atoms with Gasteiger partial charge in [-0.2, -0.15) is 0 Å². The molecule has 3 rings (SSSR count). The van der Waals surface area contributed by atoms with Gasteiger partial charge in [-0.15, -0.1) is 47.3 Å². The highest BCUT2D eigenvalue weighted by molar-refractivity contribution is 14.0. The van der Waals surface area contributed by atoms with Gasteiger partial charge < -0.3 is 20.4 Å². The molecule has 26 heavy (non-hydrogen) atoms. The van der Waals surface area contributed by atoms with Gasteiger partial charge in [0.1, 0.15) is 18.1 Å². The first-order chi connectivity index (χ1) is 11.9. The molecule has 1 aliphatic rings. The molecule has 0 spiro atoms. The van der Waals surface area contributed by atoms with E-state index in [2.05, 4.69) is 25.2 Å². The highest BCUT2D eigenvalue weighted by atomic mass is 127. The van der Waals surface area contributed by atoms with Crippen LogP contribution in [-0.4, -0.2) is 27.1 Å². The maximum atomic E-state index is 12.2. The largest absolute Gasteiger partial charge is 0.573 e. The summed E-state index contributed by atoms with van der Waals surface area (Å²) in [5.41, 5.74) is 6.13. The lowest BCUT2D eigenvalue weighted by Gasteiger charge is -2.14. The van der Waals surface area contributed by atoms with Crippen LogP contribution in [0.15, 0.2) is 29.3 Å². The molecule has 0 amide bonds. The summed E-state index contributed by atoms with van der Waals surface area (Å²) >= 11 is 0. The summed E-state index contributed by atoms with van der Waals surface area (Å²) in [6, 6.07) is 5.37. The van der Waals surface area contributed by atoms with Crippen LogP contribution >= 0.6 is 24.0 Å². The van der Waals surface area contributed by atoms with Crippen molar-refractivity contribution in [2.45, 2.75) is 38.7 Å². The molecule has 142 valence electrons. The number of nitrogens with one attached hydrogen (secondary N) is 1. The Morgan fingerprint density at radius 3 is 2.88 bits per heavy atom. The Kier molecular flexibility index (Phi) is 6.67. The van der Waals surface area contributed by atoms with Gasteiger partial charge in [0.05, 0.1) is 0 Å². The van der Waals surface area contributed by atoms with Crippen LogP contribution in [0.1, 0.15) is 24.5 Å². The average molecular weight is 482 g/mol. The van der Waals surface area contributed by atoms with Gasteiger partial charge in [0, 0.05) is 24.7 Å². The molecule has 0 unspecified atom stereocenters. The summed E-state index contributed by atoms with van der Waals surface area (Å²) < 4.78 is 42.6. The molecule has 11 heteroatoms. The molecule has 2 aromatic rings. The van der Waals surface area contributed by atoms with Crippen LogP contribution in [-0.2, 0) is 19.5 Å². The number of guanidine groups is 1. The highest BCUT2D eigenvalue weighted by Gasteiger charge is 2.31. The van der Waals surface area contributed by atoms with Crippen LogP contribution in [0.5, 0.6) is 5.75 Å². The first-order valence-electron chi connectivity index (χ1n) is 7.74. The smallest absolute Gasteiger partial charge is 0.406 e. The Labute approximate surface area is 164 Å². The number of nitrogens with zero attached hydrogens (tertiary/aromatic N) is 4. The van der Waals surface area contributed by atoms with Crippen molar-refractivity contribution >= 4 is 35.6 Å². The van der Waals surface area contributed by atoms with E-state index in [9.17, 15) is 13.2 Å². The molecule has 1 aromatic heterocycles. The minimum atomic E-state index is -4.75. The second-order valence-electron chi connectivity index (χ2n) is 5.54. The third-order valence-electron chi connectivity index (χ3n) is 3.67. The van der Waals surface area contributed by atoms with Crippen LogP contribution in [0.2, 0.25) is 0 Å². The predicted octanol–water partition coefficient (Wildman–Crippen LogP) is 3.06. The maximum Gasteiger partial charge on any atom is 0.573 e. The average Bonchev–Trinajstić information content (AvgIpc) is 2.95. The van der Waals surface area contributed by atoms with Gasteiger partial charge in [-0.05, 0) is 25.0 Å². The van der Waals surface area contributed by atoms with Crippen LogP contribution in [0, 0.1) is 0 Å². The summed E-state index contributed by atoms with van der Waals surface area (Å²) in [6.45, 7) is 1.10. The van der Waals surface area contributed by atoms with E-state index < -0.39 is 6.36 Å². The quantitative estimate of drug-likeness (QED) is 0.398. The van der Waals surface area contributed by atoms with Gasteiger partial charge in [-0.1, -0.05) is 6.07 Å². The van der Waals surface area contributed by atoms with Crippen molar-refractivity contribution in [1.29, 1.82) is 0 Å². The lowest BCUT2D eigenvalue weighted by atomic mass is 10.2. The van der Waals surface area contributed by atoms with Gasteiger partial charge in [-0.25, -0.2) is 4.99 Å². The molecule has 3 N–H and O–H groups in total. The molecular weight excluding hydrogens is 464 g/mol. The number of ether oxygens (including phenoxy) is 1. The molecular formula is C15H18F3IN6O. The van der Waals surface area contributed by atoms with Gasteiger partial charge >= 0.3 is 6.36 Å². The molecule has 0 fully saturated rings. The lowest BCUT2D eigenvalue weighted by molar-refractivity contribution is -0.274. The molecule has 0 saturated heterocycles. The second kappa shape index (κ2) is 8.56. The van der Waals surface area contributed by atoms with Gasteiger partial charge in [0.25, 0.3) is 0 Å². The normalized spacial score (nSPS) is 14.3. The molecule has 2 heterocycles. The van der Waals surface area contributed by atoms with E-state index in [1.165, 1.54) is 18.2 Å². The summed E-state index contributed by atoms with van der Waals surface area (Å²) in [7, 11) is 0. The Bertz CT molecular complexity index is 777. The van der Waals surface area contributed by atoms with Crippen LogP contribution < -0.4 is 15.8 Å². The molecule has 0 bridgehead atoms. The number of aliphatic imine (C=N–C) groups is 1. The third kappa shape index (κ3) is 5.47. The van der Waals surface area contributed by atoms with Crippen molar-refractivity contribution in [2.75, 3.05) is 5.32 Å². The number of rotatable bonds is 4. The number of aryl methyl sites for hydroxylation is 1. The van der Waals surface area contributed by atoms with E-state index in [1.807, 2.05) is 4.57 Å². The minimum Gasteiger partial charge on any atom is -0.406 e. The fourth-order valence-corrected chi connectivity index (χ4v) is 2.60. The van der Waals surface area contributed by atoms with Crippen molar-refractivity contribution in [3.63, 3.8) is 0 Å². The third-order valence-corrected chi connectivity index (χ3v) is 3.67. The van der Waals surface area contributed by atoms with Crippen molar-refractivity contribution in [3.8, 4) is 5.75 Å². The van der Waals surface area contributed by atoms with Gasteiger partial charge in [0.15, 0.2) is 11.8 Å². The number of hydrogen-bond acceptors (Lipinski definition) is 4. The number of anilines is 1. The topological polar surface area (TPSA) is 90.4 Å². The summed E-state index contributed by atoms with van der Waals surface area (Å²) in [5.74, 6) is 1.39. The predicted molar refractivity (Wildman–Crippen MR) is 100 cm³/mol. The zero-order chi connectivity index (χ0) is 17.9. The van der Waals surface area contributed by atoms with E-state index in [4.69, 9.17) is 5.73 Å². The van der Waals surface area contributed by atoms with E-state index in [0.717, 1.165) is 31.6 Å². The number of aromatic nitrogens is 3. The van der Waals surface area contributed by atoms with Gasteiger partial charge in [-0.3, -0.25) is 0 Å². The molecule has 0 saturated carbocycles. The zero-order valence-electron chi connectivity index (χ0n) is 13.7. The van der Waals surface area contributed by atoms with E-state index in [0.29, 0.717) is 11.5 Å². The standard InChI is InChI=1S/C15H17F3N6O.HI/c16-15(17,18)25-11-5-3-4-10(8-11)21-14(19)20-9-13-23-22-12-6-1-2-7-24(12)13;/h3-5,8H,1-2,6-7,9H2,(H3,19,20,21);1H. The van der Waals surface area contributed by atoms with Crippen molar-refractivity contribution in [3.05, 3.63) is 35.9 Å². The Morgan fingerprint density at radius 2 is 2.12 bits per heavy atom. The summed E-state index contributed by atoms with van der Waals surface area (Å²) in [4.78, 5) is 4.17. The highest BCUT2D eigenvalue weighted by Crippen LogP contribution is 2.25. The summed E-state index contributed by atoms with van der Waals surface area (Å²) in [5, 5.41) is 11.0. The number of halogens is 4. The van der Waals surface area contributed by atoms with Crippen LogP contribution in [0.25, 0.3) is 0 Å². The molecule has 1 aliphatic heterocycles. The number of benzene rings is 1. The molecule has 0 aliphatic carbocycles. The Morgan fingerprint density at radius 1 is 1.31 bits per heavy atom. The summed E-state index contributed by atoms with van der Waals surface area (Å²) in [6.07, 6.45) is -1.68. The number of fused-ring (bicyclic) bond motifs is 1. The molecule has 0 atom stereocenters. The second-order valence-corrected chi connectivity index (χ2v) is 5.54. The molecule has 7 nitrogen and oxygen atoms in total. The van der Waals surface area contributed by atoms with Crippen molar-refractivity contribution < 1.29 is 17.9 Å². The Hall–Kier alpha value is -2.05. The van der Waals surface area contributed by atoms with Gasteiger partial charge in [0.2, 0.25) is 0 Å². The first-order valence-corrected chi connectivity index (χ1v) is 7.74. The number of nitrogens with two attached hydrogens (primary N) is 1. The minimum absolute atomic E-state index is 0. The Balaban J connectivity index is 0.00000243. The number of alkyl halides is 3. The van der Waals surface area contributed by atoms with E-state index in [-0.39, 0.29) is 42.2 Å². The first kappa shape index (κ1) is 20.3. The van der Waals surface area contributed by atoms with Crippen molar-refractivity contribution in [2.24, 2.45) is 10.7 Å². The SMILES string of the molecule is I.NC(=NCc1nnc2n1CCCC2)Nc1cccc(OC(F)(F)F)c1. The van der Waals surface area contributed by atoms with E-state index >= 15 is 0 Å². The van der Waals surface area contributed by atoms with E-state index in [1.54, 1.807) is 6.07 Å². The lowest BCUT2D eigenvalue weighted by Crippen LogP contribution is -2.23. The zero-order valence-corrected chi connectivity index (χ0v) is 16.0. The fraction of sp³-hybridized carbons (Fsp3) is 0.400. The monoisotopic (exact) mass is 482 g/mol. The number of hydrogen-bond donors (Lipinski definition) is 2. The maximum absolute atomic E-state index is 12.2. The van der Waals surface area contributed by atoms with Crippen LogP contribution in [0.3, 0.4) is 0 Å².